The molecule has 0 atom stereocenters. The summed E-state index contributed by atoms with van der Waals surface area (Å²) >= 11 is 5.92. The van der Waals surface area contributed by atoms with Crippen LogP contribution in [0.1, 0.15) is 11.1 Å². The Hall–Kier alpha value is -2.59. The maximum Gasteiger partial charge on any atom is 0.333 e. The van der Waals surface area contributed by atoms with E-state index in [1.807, 2.05) is 31.2 Å². The third-order valence-corrected chi connectivity index (χ3v) is 3.67. The van der Waals surface area contributed by atoms with E-state index in [1.54, 1.807) is 30.3 Å². The van der Waals surface area contributed by atoms with E-state index in [0.29, 0.717) is 10.7 Å². The molecule has 0 aromatic heterocycles. The number of aryl methyl sites for hydroxylation is 1. The van der Waals surface area contributed by atoms with Gasteiger partial charge in [0.15, 0.2) is 0 Å². The molecule has 0 bridgehead atoms. The summed E-state index contributed by atoms with van der Waals surface area (Å²) in [5, 5.41) is 3.07. The number of halogens is 1. The van der Waals surface area contributed by atoms with Gasteiger partial charge in [0, 0.05) is 5.02 Å². The second kappa shape index (κ2) is 5.66. The van der Waals surface area contributed by atoms with E-state index in [1.165, 1.54) is 0 Å². The molecule has 3 amide bonds. The van der Waals surface area contributed by atoms with E-state index in [2.05, 4.69) is 5.32 Å². The molecule has 5 heteroatoms. The van der Waals surface area contributed by atoms with Crippen LogP contribution >= 0.6 is 11.6 Å². The van der Waals surface area contributed by atoms with Crippen LogP contribution in [0.25, 0.3) is 6.08 Å². The Morgan fingerprint density at radius 1 is 1.09 bits per heavy atom. The minimum atomic E-state index is -0.480. The van der Waals surface area contributed by atoms with Gasteiger partial charge in [-0.2, -0.15) is 0 Å². The highest BCUT2D eigenvalue weighted by atomic mass is 35.5. The molecule has 1 N–H and O–H groups in total. The second-order valence-electron chi connectivity index (χ2n) is 4.97. The van der Waals surface area contributed by atoms with E-state index in [4.69, 9.17) is 11.6 Å². The number of urea groups is 1. The van der Waals surface area contributed by atoms with E-state index >= 15 is 0 Å². The Bertz CT molecular complexity index is 799. The first-order valence-electron chi connectivity index (χ1n) is 6.74. The maximum absolute atomic E-state index is 12.5. The molecule has 0 spiro atoms. The minimum Gasteiger partial charge on any atom is -0.302 e. The Morgan fingerprint density at radius 2 is 1.86 bits per heavy atom. The molecule has 1 fully saturated rings. The van der Waals surface area contributed by atoms with E-state index in [-0.39, 0.29) is 5.70 Å². The molecule has 1 aliphatic heterocycles. The summed E-state index contributed by atoms with van der Waals surface area (Å²) in [6.45, 7) is 1.95. The fourth-order valence-corrected chi connectivity index (χ4v) is 2.47. The first-order valence-corrected chi connectivity index (χ1v) is 7.12. The topological polar surface area (TPSA) is 49.4 Å². The Morgan fingerprint density at radius 3 is 2.59 bits per heavy atom. The summed E-state index contributed by atoms with van der Waals surface area (Å²) in [7, 11) is 0. The molecule has 0 saturated carbocycles. The number of hydrogen-bond acceptors (Lipinski definition) is 2. The average Bonchev–Trinajstić information content (AvgIpc) is 2.76. The molecule has 0 unspecified atom stereocenters. The lowest BCUT2D eigenvalue weighted by atomic mass is 10.1. The molecule has 3 rings (SSSR count). The first kappa shape index (κ1) is 14.4. The van der Waals surface area contributed by atoms with Crippen LogP contribution in [0.4, 0.5) is 10.5 Å². The monoisotopic (exact) mass is 312 g/mol. The third-order valence-electron chi connectivity index (χ3n) is 3.43. The molecular weight excluding hydrogens is 300 g/mol. The van der Waals surface area contributed by atoms with Crippen molar-refractivity contribution in [1.29, 1.82) is 0 Å². The first-order chi connectivity index (χ1) is 10.6. The van der Waals surface area contributed by atoms with Gasteiger partial charge in [-0.25, -0.2) is 9.69 Å². The normalized spacial score (nSPS) is 16.3. The minimum absolute atomic E-state index is 0.249. The molecule has 2 aromatic carbocycles. The number of anilines is 1. The molecule has 2 aromatic rings. The summed E-state index contributed by atoms with van der Waals surface area (Å²) in [6, 6.07) is 13.8. The van der Waals surface area contributed by atoms with Gasteiger partial charge in [-0.05, 0) is 42.3 Å². The van der Waals surface area contributed by atoms with Crippen LogP contribution in [0.3, 0.4) is 0 Å². The zero-order valence-electron chi connectivity index (χ0n) is 11.8. The van der Waals surface area contributed by atoms with E-state index in [9.17, 15) is 9.59 Å². The summed E-state index contributed by atoms with van der Waals surface area (Å²) in [5.41, 5.74) is 2.61. The van der Waals surface area contributed by atoms with Gasteiger partial charge < -0.3 is 5.32 Å². The molecule has 4 nitrogen and oxygen atoms in total. The van der Waals surface area contributed by atoms with Crippen molar-refractivity contribution >= 4 is 35.3 Å². The van der Waals surface area contributed by atoms with Crippen molar-refractivity contribution in [2.45, 2.75) is 6.92 Å². The number of nitrogens with one attached hydrogen (secondary N) is 1. The quantitative estimate of drug-likeness (QED) is 0.678. The van der Waals surface area contributed by atoms with Gasteiger partial charge in [-0.1, -0.05) is 41.9 Å². The van der Waals surface area contributed by atoms with Gasteiger partial charge in [-0.3, -0.25) is 4.79 Å². The summed E-state index contributed by atoms with van der Waals surface area (Å²) in [5.74, 6) is -0.393. The second-order valence-corrected chi connectivity index (χ2v) is 5.40. The summed E-state index contributed by atoms with van der Waals surface area (Å²) in [6.07, 6.45) is 1.68. The van der Waals surface area contributed by atoms with Gasteiger partial charge in [-0.15, -0.1) is 0 Å². The molecule has 0 aliphatic carbocycles. The van der Waals surface area contributed by atoms with Gasteiger partial charge in [0.05, 0.1) is 5.69 Å². The van der Waals surface area contributed by atoms with E-state index in [0.717, 1.165) is 16.0 Å². The van der Waals surface area contributed by atoms with Crippen molar-refractivity contribution in [2.75, 3.05) is 4.90 Å². The van der Waals surface area contributed by atoms with Crippen LogP contribution in [-0.2, 0) is 4.79 Å². The number of amides is 3. The van der Waals surface area contributed by atoms with Crippen LogP contribution in [-0.4, -0.2) is 11.9 Å². The maximum atomic E-state index is 12.5. The Balaban J connectivity index is 1.97. The van der Waals surface area contributed by atoms with Crippen LogP contribution < -0.4 is 10.2 Å². The fourth-order valence-electron chi connectivity index (χ4n) is 2.29. The Labute approximate surface area is 133 Å². The molecular formula is C17H13ClN2O2. The number of benzene rings is 2. The zero-order chi connectivity index (χ0) is 15.7. The third kappa shape index (κ3) is 2.61. The number of imide groups is 1. The molecule has 110 valence electrons. The van der Waals surface area contributed by atoms with Crippen LogP contribution in [0.5, 0.6) is 0 Å². The van der Waals surface area contributed by atoms with Crippen LogP contribution in [0.15, 0.2) is 54.2 Å². The van der Waals surface area contributed by atoms with Crippen LogP contribution in [0.2, 0.25) is 5.02 Å². The lowest BCUT2D eigenvalue weighted by Gasteiger charge is -2.11. The smallest absolute Gasteiger partial charge is 0.302 e. The average molecular weight is 313 g/mol. The fraction of sp³-hybridized carbons (Fsp3) is 0.0588. The molecule has 22 heavy (non-hydrogen) atoms. The van der Waals surface area contributed by atoms with Crippen molar-refractivity contribution in [3.63, 3.8) is 0 Å². The van der Waals surface area contributed by atoms with Gasteiger partial charge in [0.1, 0.15) is 5.70 Å². The summed E-state index contributed by atoms with van der Waals surface area (Å²) in [4.78, 5) is 25.6. The number of nitrogens with zero attached hydrogens (tertiary/aromatic N) is 1. The van der Waals surface area contributed by atoms with Crippen molar-refractivity contribution < 1.29 is 9.59 Å². The Kier molecular flexibility index (Phi) is 3.69. The number of carbonyl (C=O) groups excluding carboxylic acids is 2. The van der Waals surface area contributed by atoms with Crippen LogP contribution in [0, 0.1) is 6.92 Å². The van der Waals surface area contributed by atoms with Crippen molar-refractivity contribution in [3.8, 4) is 0 Å². The molecule has 1 heterocycles. The standard InChI is InChI=1S/C17H13ClN2O2/c1-11-5-2-3-6-12(11)9-15-16(21)20(17(22)19-15)14-8-4-7-13(18)10-14/h2-10H,1H3,(H,19,22)/b15-9+. The van der Waals surface area contributed by atoms with Crippen molar-refractivity contribution in [2.24, 2.45) is 0 Å². The lowest BCUT2D eigenvalue weighted by Crippen LogP contribution is -2.30. The SMILES string of the molecule is Cc1ccccc1/C=C1/NC(=O)N(c2cccc(Cl)c2)C1=O. The largest absolute Gasteiger partial charge is 0.333 e. The highest BCUT2D eigenvalue weighted by Gasteiger charge is 2.34. The number of hydrogen-bond donors (Lipinski definition) is 1. The number of carbonyl (C=O) groups is 2. The predicted octanol–water partition coefficient (Wildman–Crippen LogP) is 3.75. The van der Waals surface area contributed by atoms with Crippen molar-refractivity contribution in [3.05, 3.63) is 70.4 Å². The van der Waals surface area contributed by atoms with E-state index < -0.39 is 11.9 Å². The number of rotatable bonds is 2. The van der Waals surface area contributed by atoms with Gasteiger partial charge in [0.25, 0.3) is 5.91 Å². The molecule has 0 radical (unpaired) electrons. The van der Waals surface area contributed by atoms with Gasteiger partial charge in [0.2, 0.25) is 0 Å². The predicted molar refractivity (Wildman–Crippen MR) is 86.6 cm³/mol. The van der Waals surface area contributed by atoms with Crippen molar-refractivity contribution in [1.82, 2.24) is 5.32 Å². The molecule has 1 aliphatic rings. The highest BCUT2D eigenvalue weighted by Crippen LogP contribution is 2.25. The highest BCUT2D eigenvalue weighted by molar-refractivity contribution is 6.32. The lowest BCUT2D eigenvalue weighted by molar-refractivity contribution is -0.113. The zero-order valence-corrected chi connectivity index (χ0v) is 12.6. The summed E-state index contributed by atoms with van der Waals surface area (Å²) < 4.78 is 0. The van der Waals surface area contributed by atoms with Gasteiger partial charge >= 0.3 is 6.03 Å². The molecule has 1 saturated heterocycles.